The van der Waals surface area contributed by atoms with E-state index in [9.17, 15) is 4.79 Å². The first-order chi connectivity index (χ1) is 16.2. The molecule has 0 N–H and O–H groups in total. The average molecular weight is 458 g/mol. The number of para-hydroxylation sites is 1. The summed E-state index contributed by atoms with van der Waals surface area (Å²) >= 11 is 0. The smallest absolute Gasteiger partial charge is 0.189 e. The van der Waals surface area contributed by atoms with Crippen LogP contribution in [0.5, 0.6) is 11.5 Å². The van der Waals surface area contributed by atoms with Crippen LogP contribution in [0.2, 0.25) is 0 Å². The highest BCUT2D eigenvalue weighted by Crippen LogP contribution is 2.29. The van der Waals surface area contributed by atoms with Crippen LogP contribution in [0.1, 0.15) is 40.9 Å². The number of hydrogen-bond acceptors (Lipinski definition) is 4. The van der Waals surface area contributed by atoms with Gasteiger partial charge in [-0.15, -0.1) is 0 Å². The quantitative estimate of drug-likeness (QED) is 0.254. The number of rotatable bonds is 10. The van der Waals surface area contributed by atoms with Crippen molar-refractivity contribution in [2.45, 2.75) is 33.8 Å². The van der Waals surface area contributed by atoms with E-state index < -0.39 is 0 Å². The Morgan fingerprint density at radius 3 is 2.29 bits per heavy atom. The SMILES string of the molecule is Cc1cc(C)cc(-c2ccc(OCCN(C)C)c(C(=O)C=Cc3ccccc3OC(C)C)c2)c1. The summed E-state index contributed by atoms with van der Waals surface area (Å²) < 4.78 is 11.9. The Labute approximate surface area is 203 Å². The third kappa shape index (κ3) is 7.06. The van der Waals surface area contributed by atoms with Gasteiger partial charge in [0.1, 0.15) is 18.1 Å². The molecular weight excluding hydrogens is 422 g/mol. The van der Waals surface area contributed by atoms with Gasteiger partial charge in [-0.25, -0.2) is 0 Å². The van der Waals surface area contributed by atoms with E-state index in [1.165, 1.54) is 11.1 Å². The van der Waals surface area contributed by atoms with E-state index >= 15 is 0 Å². The summed E-state index contributed by atoms with van der Waals surface area (Å²) in [5, 5.41) is 0. The lowest BCUT2D eigenvalue weighted by molar-refractivity contribution is 0.104. The molecular formula is C30H35NO3. The standard InChI is InChI=1S/C30H35NO3/c1-21(2)34-29-10-8-7-9-24(29)11-13-28(32)27-20-25(26-18-22(3)17-23(4)19-26)12-14-30(27)33-16-15-31(5)6/h7-14,17-21H,15-16H2,1-6H3. The molecule has 0 amide bonds. The Hall–Kier alpha value is -3.37. The van der Waals surface area contributed by atoms with Gasteiger partial charge in [0.25, 0.3) is 0 Å². The number of nitrogens with zero attached hydrogens (tertiary/aromatic N) is 1. The number of hydrogen-bond donors (Lipinski definition) is 0. The second-order valence-corrected chi connectivity index (χ2v) is 9.14. The van der Waals surface area contributed by atoms with E-state index in [0.29, 0.717) is 17.9 Å². The maximum Gasteiger partial charge on any atom is 0.189 e. The molecule has 0 atom stereocenters. The monoisotopic (exact) mass is 457 g/mol. The van der Waals surface area contributed by atoms with Crippen LogP contribution in [0.15, 0.2) is 66.7 Å². The number of benzene rings is 3. The van der Waals surface area contributed by atoms with Crippen LogP contribution < -0.4 is 9.47 Å². The van der Waals surface area contributed by atoms with Crippen molar-refractivity contribution in [2.24, 2.45) is 0 Å². The summed E-state index contributed by atoms with van der Waals surface area (Å²) in [6, 6.07) is 20.0. The van der Waals surface area contributed by atoms with Crippen molar-refractivity contribution in [1.29, 1.82) is 0 Å². The van der Waals surface area contributed by atoms with Crippen LogP contribution in [-0.2, 0) is 0 Å². The zero-order chi connectivity index (χ0) is 24.7. The molecule has 0 aliphatic rings. The van der Waals surface area contributed by atoms with Crippen molar-refractivity contribution in [3.63, 3.8) is 0 Å². The third-order valence-corrected chi connectivity index (χ3v) is 5.29. The largest absolute Gasteiger partial charge is 0.491 e. The highest BCUT2D eigenvalue weighted by atomic mass is 16.5. The van der Waals surface area contributed by atoms with Crippen molar-refractivity contribution in [3.05, 3.63) is 89.0 Å². The van der Waals surface area contributed by atoms with E-state index in [-0.39, 0.29) is 11.9 Å². The fourth-order valence-electron chi connectivity index (χ4n) is 3.74. The summed E-state index contributed by atoms with van der Waals surface area (Å²) in [7, 11) is 4.00. The topological polar surface area (TPSA) is 38.8 Å². The van der Waals surface area contributed by atoms with Crippen molar-refractivity contribution in [1.82, 2.24) is 4.90 Å². The fraction of sp³-hybridized carbons (Fsp3) is 0.300. The molecule has 34 heavy (non-hydrogen) atoms. The number of allylic oxidation sites excluding steroid dienone is 1. The van der Waals surface area contributed by atoms with Crippen molar-refractivity contribution < 1.29 is 14.3 Å². The summed E-state index contributed by atoms with van der Waals surface area (Å²) in [6.45, 7) is 9.41. The Morgan fingerprint density at radius 2 is 1.62 bits per heavy atom. The van der Waals surface area contributed by atoms with Gasteiger partial charge in [0, 0.05) is 12.1 Å². The van der Waals surface area contributed by atoms with Gasteiger partial charge in [-0.05, 0) is 83.3 Å². The van der Waals surface area contributed by atoms with E-state index in [4.69, 9.17) is 9.47 Å². The molecule has 0 aromatic heterocycles. The highest BCUT2D eigenvalue weighted by Gasteiger charge is 2.14. The van der Waals surface area contributed by atoms with Gasteiger partial charge >= 0.3 is 0 Å². The summed E-state index contributed by atoms with van der Waals surface area (Å²) in [5.74, 6) is 1.25. The van der Waals surface area contributed by atoms with Crippen LogP contribution in [0.25, 0.3) is 17.2 Å². The molecule has 4 nitrogen and oxygen atoms in total. The molecule has 0 bridgehead atoms. The number of likely N-dealkylation sites (N-methyl/N-ethyl adjacent to an activating group) is 1. The van der Waals surface area contributed by atoms with Crippen LogP contribution in [0.4, 0.5) is 0 Å². The van der Waals surface area contributed by atoms with Gasteiger partial charge in [-0.1, -0.05) is 53.6 Å². The number of carbonyl (C=O) groups excluding carboxylic acids is 1. The van der Waals surface area contributed by atoms with Gasteiger partial charge in [0.15, 0.2) is 5.78 Å². The third-order valence-electron chi connectivity index (χ3n) is 5.29. The van der Waals surface area contributed by atoms with Crippen LogP contribution in [-0.4, -0.2) is 44.0 Å². The molecule has 0 saturated heterocycles. The normalized spacial score (nSPS) is 11.4. The zero-order valence-electron chi connectivity index (χ0n) is 21.1. The van der Waals surface area contributed by atoms with E-state index in [1.54, 1.807) is 6.08 Å². The molecule has 3 rings (SSSR count). The molecule has 0 radical (unpaired) electrons. The Morgan fingerprint density at radius 1 is 0.912 bits per heavy atom. The molecule has 3 aromatic carbocycles. The van der Waals surface area contributed by atoms with E-state index in [2.05, 4.69) is 36.9 Å². The second kappa shape index (κ2) is 11.7. The van der Waals surface area contributed by atoms with E-state index in [0.717, 1.165) is 29.0 Å². The van der Waals surface area contributed by atoms with Crippen LogP contribution >= 0.6 is 0 Å². The van der Waals surface area contributed by atoms with Gasteiger partial charge in [0.2, 0.25) is 0 Å². The first-order valence-corrected chi connectivity index (χ1v) is 11.7. The molecule has 4 heteroatoms. The molecule has 0 heterocycles. The van der Waals surface area contributed by atoms with Crippen LogP contribution in [0.3, 0.4) is 0 Å². The maximum atomic E-state index is 13.4. The fourth-order valence-corrected chi connectivity index (χ4v) is 3.74. The lowest BCUT2D eigenvalue weighted by atomic mass is 9.97. The number of aryl methyl sites for hydroxylation is 2. The molecule has 178 valence electrons. The first kappa shape index (κ1) is 25.3. The number of ketones is 1. The van der Waals surface area contributed by atoms with E-state index in [1.807, 2.05) is 76.5 Å². The van der Waals surface area contributed by atoms with Gasteiger partial charge in [-0.3, -0.25) is 4.79 Å². The predicted octanol–water partition coefficient (Wildman–Crippen LogP) is 6.59. The maximum absolute atomic E-state index is 13.4. The molecule has 0 fully saturated rings. The number of ether oxygens (including phenoxy) is 2. The lowest BCUT2D eigenvalue weighted by Gasteiger charge is -2.15. The molecule has 0 aliphatic heterocycles. The number of carbonyl (C=O) groups is 1. The minimum atomic E-state index is -0.106. The molecule has 3 aromatic rings. The predicted molar refractivity (Wildman–Crippen MR) is 141 cm³/mol. The summed E-state index contributed by atoms with van der Waals surface area (Å²) in [4.78, 5) is 15.4. The molecule has 0 saturated carbocycles. The second-order valence-electron chi connectivity index (χ2n) is 9.14. The molecule has 0 spiro atoms. The van der Waals surface area contributed by atoms with Gasteiger partial charge in [0.05, 0.1) is 11.7 Å². The van der Waals surface area contributed by atoms with Gasteiger partial charge < -0.3 is 14.4 Å². The minimum absolute atomic E-state index is 0.0522. The van der Waals surface area contributed by atoms with Crippen LogP contribution in [0, 0.1) is 13.8 Å². The zero-order valence-corrected chi connectivity index (χ0v) is 21.1. The Kier molecular flexibility index (Phi) is 8.67. The summed E-state index contributed by atoms with van der Waals surface area (Å²) in [6.07, 6.45) is 3.46. The first-order valence-electron chi connectivity index (χ1n) is 11.7. The lowest BCUT2D eigenvalue weighted by Crippen LogP contribution is -2.20. The highest BCUT2D eigenvalue weighted by molar-refractivity contribution is 6.09. The minimum Gasteiger partial charge on any atom is -0.491 e. The Balaban J connectivity index is 1.96. The van der Waals surface area contributed by atoms with Gasteiger partial charge in [-0.2, -0.15) is 0 Å². The Bertz CT molecular complexity index is 1140. The van der Waals surface area contributed by atoms with Crippen molar-refractivity contribution in [2.75, 3.05) is 27.2 Å². The summed E-state index contributed by atoms with van der Waals surface area (Å²) in [5.41, 5.74) is 5.88. The average Bonchev–Trinajstić information content (AvgIpc) is 2.77. The van der Waals surface area contributed by atoms with Crippen molar-refractivity contribution >= 4 is 11.9 Å². The molecule has 0 unspecified atom stereocenters. The van der Waals surface area contributed by atoms with Crippen molar-refractivity contribution in [3.8, 4) is 22.6 Å². The molecule has 0 aliphatic carbocycles.